The van der Waals surface area contributed by atoms with E-state index in [0.717, 1.165) is 30.1 Å². The molecule has 0 aliphatic rings. The SMILES string of the molecule is CCNCc1ccccc1NC(=O)CCSc1ccc(C)c(C)c1.Cl. The van der Waals surface area contributed by atoms with E-state index in [1.165, 1.54) is 16.0 Å². The van der Waals surface area contributed by atoms with Gasteiger partial charge in [0, 0.05) is 29.3 Å². The highest BCUT2D eigenvalue weighted by molar-refractivity contribution is 7.99. The van der Waals surface area contributed by atoms with Gasteiger partial charge in [-0.15, -0.1) is 24.2 Å². The van der Waals surface area contributed by atoms with E-state index in [1.807, 2.05) is 24.3 Å². The third-order valence-corrected chi connectivity index (χ3v) is 4.93. The lowest BCUT2D eigenvalue weighted by Gasteiger charge is -2.11. The summed E-state index contributed by atoms with van der Waals surface area (Å²) in [5.41, 5.74) is 4.62. The Kier molecular flexibility index (Phi) is 9.65. The maximum atomic E-state index is 12.2. The van der Waals surface area contributed by atoms with Gasteiger partial charge in [0.25, 0.3) is 0 Å². The van der Waals surface area contributed by atoms with Crippen LogP contribution in [0.1, 0.15) is 30.0 Å². The molecule has 0 saturated carbocycles. The summed E-state index contributed by atoms with van der Waals surface area (Å²) in [5.74, 6) is 0.847. The molecule has 2 aromatic carbocycles. The van der Waals surface area contributed by atoms with Crippen molar-refractivity contribution in [3.05, 3.63) is 59.2 Å². The van der Waals surface area contributed by atoms with Gasteiger partial charge in [0.2, 0.25) is 5.91 Å². The fraction of sp³-hybridized carbons (Fsp3) is 0.350. The summed E-state index contributed by atoms with van der Waals surface area (Å²) in [6, 6.07) is 14.4. The Bertz CT molecular complexity index is 691. The first-order valence-electron chi connectivity index (χ1n) is 8.38. The van der Waals surface area contributed by atoms with Crippen LogP contribution >= 0.6 is 24.2 Å². The molecule has 1 amide bonds. The van der Waals surface area contributed by atoms with E-state index in [9.17, 15) is 4.79 Å². The van der Waals surface area contributed by atoms with Gasteiger partial charge in [-0.05, 0) is 55.3 Å². The number of benzene rings is 2. The third-order valence-electron chi connectivity index (χ3n) is 3.93. The average molecular weight is 379 g/mol. The summed E-state index contributed by atoms with van der Waals surface area (Å²) in [5, 5.41) is 6.33. The molecular weight excluding hydrogens is 352 g/mol. The van der Waals surface area contributed by atoms with Crippen molar-refractivity contribution in [1.82, 2.24) is 5.32 Å². The van der Waals surface area contributed by atoms with E-state index in [1.54, 1.807) is 11.8 Å². The van der Waals surface area contributed by atoms with Gasteiger partial charge >= 0.3 is 0 Å². The molecule has 0 radical (unpaired) electrons. The molecule has 2 aromatic rings. The number of hydrogen-bond acceptors (Lipinski definition) is 3. The highest BCUT2D eigenvalue weighted by atomic mass is 35.5. The minimum absolute atomic E-state index is 0. The summed E-state index contributed by atoms with van der Waals surface area (Å²) in [6.07, 6.45) is 0.507. The van der Waals surface area contributed by atoms with Crippen LogP contribution in [-0.4, -0.2) is 18.2 Å². The summed E-state index contributed by atoms with van der Waals surface area (Å²) < 4.78 is 0. The number of hydrogen-bond donors (Lipinski definition) is 2. The van der Waals surface area contributed by atoms with Gasteiger partial charge < -0.3 is 10.6 Å². The standard InChI is InChI=1S/C20H26N2OS.ClH/c1-4-21-14-17-7-5-6-8-19(17)22-20(23)11-12-24-18-10-9-15(2)16(3)13-18;/h5-10,13,21H,4,11-12,14H2,1-3H3,(H,22,23);1H. The van der Waals surface area contributed by atoms with Crippen LogP contribution in [0.25, 0.3) is 0 Å². The molecule has 0 bridgehead atoms. The maximum absolute atomic E-state index is 12.2. The number of thioether (sulfide) groups is 1. The lowest BCUT2D eigenvalue weighted by Crippen LogP contribution is -2.17. The van der Waals surface area contributed by atoms with E-state index < -0.39 is 0 Å². The fourth-order valence-electron chi connectivity index (χ4n) is 2.33. The number of amides is 1. The van der Waals surface area contributed by atoms with Gasteiger partial charge in [0.15, 0.2) is 0 Å². The van der Waals surface area contributed by atoms with Crippen LogP contribution in [0.5, 0.6) is 0 Å². The van der Waals surface area contributed by atoms with Crippen molar-refractivity contribution in [3.8, 4) is 0 Å². The van der Waals surface area contributed by atoms with Gasteiger partial charge in [-0.2, -0.15) is 0 Å². The van der Waals surface area contributed by atoms with Crippen molar-refractivity contribution < 1.29 is 4.79 Å². The monoisotopic (exact) mass is 378 g/mol. The maximum Gasteiger partial charge on any atom is 0.225 e. The Morgan fingerprint density at radius 1 is 1.08 bits per heavy atom. The molecule has 0 aromatic heterocycles. The topological polar surface area (TPSA) is 41.1 Å². The third kappa shape index (κ3) is 7.10. The van der Waals surface area contributed by atoms with Crippen LogP contribution in [0, 0.1) is 13.8 Å². The Balaban J connectivity index is 0.00000312. The predicted octanol–water partition coefficient (Wildman–Crippen LogP) is 4.96. The van der Waals surface area contributed by atoms with Crippen molar-refractivity contribution in [2.24, 2.45) is 0 Å². The zero-order valence-corrected chi connectivity index (χ0v) is 16.7. The second-order valence-electron chi connectivity index (χ2n) is 5.83. The first-order valence-corrected chi connectivity index (χ1v) is 9.37. The number of para-hydroxylation sites is 1. The first-order chi connectivity index (χ1) is 11.6. The molecule has 0 heterocycles. The smallest absolute Gasteiger partial charge is 0.225 e. The fourth-order valence-corrected chi connectivity index (χ4v) is 3.28. The Morgan fingerprint density at radius 3 is 2.56 bits per heavy atom. The molecule has 0 aliphatic carbocycles. The lowest BCUT2D eigenvalue weighted by atomic mass is 10.1. The largest absolute Gasteiger partial charge is 0.326 e. The van der Waals surface area contributed by atoms with Gasteiger partial charge in [-0.3, -0.25) is 4.79 Å². The van der Waals surface area contributed by atoms with Gasteiger partial charge in [-0.1, -0.05) is 31.2 Å². The molecule has 2 rings (SSSR count). The number of halogens is 1. The molecule has 136 valence electrons. The minimum Gasteiger partial charge on any atom is -0.326 e. The molecule has 2 N–H and O–H groups in total. The van der Waals surface area contributed by atoms with E-state index in [0.29, 0.717) is 6.42 Å². The highest BCUT2D eigenvalue weighted by Gasteiger charge is 2.07. The quantitative estimate of drug-likeness (QED) is 0.638. The van der Waals surface area contributed by atoms with Crippen molar-refractivity contribution in [2.75, 3.05) is 17.6 Å². The van der Waals surface area contributed by atoms with Crippen LogP contribution in [0.3, 0.4) is 0 Å². The summed E-state index contributed by atoms with van der Waals surface area (Å²) >= 11 is 1.73. The number of carbonyl (C=O) groups is 1. The van der Waals surface area contributed by atoms with Crippen molar-refractivity contribution in [2.45, 2.75) is 38.6 Å². The lowest BCUT2D eigenvalue weighted by molar-refractivity contribution is -0.115. The van der Waals surface area contributed by atoms with Gasteiger partial charge in [-0.25, -0.2) is 0 Å². The minimum atomic E-state index is 0. The van der Waals surface area contributed by atoms with Crippen molar-refractivity contribution in [3.63, 3.8) is 0 Å². The molecule has 0 saturated heterocycles. The number of rotatable bonds is 8. The van der Waals surface area contributed by atoms with Crippen LogP contribution in [0.15, 0.2) is 47.4 Å². The molecule has 3 nitrogen and oxygen atoms in total. The molecule has 0 fully saturated rings. The number of aryl methyl sites for hydroxylation is 2. The van der Waals surface area contributed by atoms with Crippen LogP contribution in [-0.2, 0) is 11.3 Å². The van der Waals surface area contributed by atoms with Crippen LogP contribution in [0.2, 0.25) is 0 Å². The second kappa shape index (κ2) is 11.2. The van der Waals surface area contributed by atoms with Crippen LogP contribution in [0.4, 0.5) is 5.69 Å². The van der Waals surface area contributed by atoms with E-state index >= 15 is 0 Å². The summed E-state index contributed by atoms with van der Waals surface area (Å²) in [4.78, 5) is 13.4. The Hall–Kier alpha value is -1.49. The van der Waals surface area contributed by atoms with Crippen molar-refractivity contribution in [1.29, 1.82) is 0 Å². The predicted molar refractivity (Wildman–Crippen MR) is 111 cm³/mol. The normalized spacial score (nSPS) is 10.2. The zero-order chi connectivity index (χ0) is 17.4. The van der Waals surface area contributed by atoms with E-state index in [-0.39, 0.29) is 18.3 Å². The van der Waals surface area contributed by atoms with E-state index in [4.69, 9.17) is 0 Å². The average Bonchev–Trinajstić information content (AvgIpc) is 2.57. The number of carbonyl (C=O) groups excluding carboxylic acids is 1. The molecule has 0 unspecified atom stereocenters. The van der Waals surface area contributed by atoms with E-state index in [2.05, 4.69) is 49.6 Å². The summed E-state index contributed by atoms with van der Waals surface area (Å²) in [7, 11) is 0. The highest BCUT2D eigenvalue weighted by Crippen LogP contribution is 2.22. The summed E-state index contributed by atoms with van der Waals surface area (Å²) in [6.45, 7) is 7.99. The molecule has 0 aliphatic heterocycles. The van der Waals surface area contributed by atoms with Crippen LogP contribution < -0.4 is 10.6 Å². The Morgan fingerprint density at radius 2 is 1.84 bits per heavy atom. The molecular formula is C20H27ClN2OS. The van der Waals surface area contributed by atoms with Gasteiger partial charge in [0.1, 0.15) is 0 Å². The molecule has 25 heavy (non-hydrogen) atoms. The number of nitrogens with one attached hydrogen (secondary N) is 2. The number of anilines is 1. The second-order valence-corrected chi connectivity index (χ2v) is 7.00. The molecule has 5 heteroatoms. The first kappa shape index (κ1) is 21.6. The van der Waals surface area contributed by atoms with Crippen molar-refractivity contribution >= 4 is 35.8 Å². The molecule has 0 atom stereocenters. The molecule has 0 spiro atoms. The zero-order valence-electron chi connectivity index (χ0n) is 15.1. The Labute approximate surface area is 161 Å². The van der Waals surface area contributed by atoms with Gasteiger partial charge in [0.05, 0.1) is 0 Å².